The minimum Gasteiger partial charge on any atom is -0.135 e. The Labute approximate surface area is 266 Å². The van der Waals surface area contributed by atoms with Crippen molar-refractivity contribution in [2.45, 2.75) is 0 Å². The molecule has 0 amide bonds. The van der Waals surface area contributed by atoms with Gasteiger partial charge in [0.1, 0.15) is 0 Å². The van der Waals surface area contributed by atoms with Crippen molar-refractivity contribution >= 4 is 53.1 Å². The molecule has 0 spiro atoms. The summed E-state index contributed by atoms with van der Waals surface area (Å²) in [6.45, 7) is 0. The molecule has 8 aromatic carbocycles. The van der Waals surface area contributed by atoms with Crippen LogP contribution in [0.15, 0.2) is 170 Å². The molecule has 0 atom stereocenters. The Balaban J connectivity index is 1.23. The van der Waals surface area contributed by atoms with E-state index in [9.17, 15) is 0 Å². The Morgan fingerprint density at radius 1 is 0.267 bits per heavy atom. The fraction of sp³-hybridized carbons (Fsp3) is 0. The lowest BCUT2D eigenvalue weighted by molar-refractivity contribution is 1.60. The van der Waals surface area contributed by atoms with Gasteiger partial charge in [-0.2, -0.15) is 0 Å². The van der Waals surface area contributed by atoms with Crippen LogP contribution in [-0.2, 0) is 0 Å². The smallest absolute Gasteiger partial charge is 0.0355 e. The molecule has 0 fully saturated rings. The van der Waals surface area contributed by atoms with Crippen molar-refractivity contribution in [2.24, 2.45) is 0 Å². The van der Waals surface area contributed by atoms with E-state index in [4.69, 9.17) is 0 Å². The van der Waals surface area contributed by atoms with Gasteiger partial charge in [0.05, 0.1) is 0 Å². The first-order chi connectivity index (χ1) is 22.3. The van der Waals surface area contributed by atoms with Gasteiger partial charge in [-0.25, -0.2) is 0 Å². The number of hydrogen-bond donors (Lipinski definition) is 0. The second kappa shape index (κ2) is 10.6. The first-order valence-electron chi connectivity index (χ1n) is 15.4. The van der Waals surface area contributed by atoms with E-state index in [1.54, 1.807) is 0 Å². The van der Waals surface area contributed by atoms with Crippen LogP contribution < -0.4 is 0 Å². The van der Waals surface area contributed by atoms with Crippen molar-refractivity contribution in [3.8, 4) is 44.5 Å². The predicted octanol–water partition coefficient (Wildman–Crippen LogP) is 13.0. The van der Waals surface area contributed by atoms with E-state index in [1.165, 1.54) is 86.2 Å². The normalized spacial score (nSPS) is 11.6. The van der Waals surface area contributed by atoms with Gasteiger partial charge in [0.15, 0.2) is 0 Å². The predicted molar refractivity (Wildman–Crippen MR) is 196 cm³/mol. The number of fused-ring (bicyclic) bond motifs is 5. The van der Waals surface area contributed by atoms with Crippen molar-refractivity contribution in [3.63, 3.8) is 0 Å². The highest BCUT2D eigenvalue weighted by Crippen LogP contribution is 2.46. The SMILES string of the molecule is c1ccc(-c2ccccc2-c2c3ccccc3c(-c3ccc(-c4ccc5sc6ccccc6c5c4)cc3)c3ccccc23)cc1. The van der Waals surface area contributed by atoms with Gasteiger partial charge in [-0.15, -0.1) is 11.3 Å². The summed E-state index contributed by atoms with van der Waals surface area (Å²) in [4.78, 5) is 0. The maximum Gasteiger partial charge on any atom is 0.0355 e. The summed E-state index contributed by atoms with van der Waals surface area (Å²) in [5.41, 5.74) is 10.0. The largest absolute Gasteiger partial charge is 0.135 e. The van der Waals surface area contributed by atoms with Crippen LogP contribution in [0.5, 0.6) is 0 Å². The zero-order valence-corrected chi connectivity index (χ0v) is 25.4. The maximum atomic E-state index is 2.35. The molecule has 210 valence electrons. The zero-order chi connectivity index (χ0) is 29.7. The number of rotatable bonds is 4. The van der Waals surface area contributed by atoms with E-state index in [1.807, 2.05) is 11.3 Å². The lowest BCUT2D eigenvalue weighted by Crippen LogP contribution is -1.92. The average Bonchev–Trinajstić information content (AvgIpc) is 3.49. The first-order valence-corrected chi connectivity index (χ1v) is 16.3. The molecule has 1 heterocycles. The van der Waals surface area contributed by atoms with Crippen LogP contribution in [0.1, 0.15) is 0 Å². The van der Waals surface area contributed by atoms with Crippen LogP contribution in [0.25, 0.3) is 86.2 Å². The lowest BCUT2D eigenvalue weighted by atomic mass is 9.83. The molecule has 0 N–H and O–H groups in total. The van der Waals surface area contributed by atoms with Crippen LogP contribution >= 0.6 is 11.3 Å². The van der Waals surface area contributed by atoms with Gasteiger partial charge in [0.25, 0.3) is 0 Å². The zero-order valence-electron chi connectivity index (χ0n) is 24.6. The third-order valence-corrected chi connectivity index (χ3v) is 10.2. The molecule has 9 rings (SSSR count). The minimum absolute atomic E-state index is 1.23. The third-order valence-electron chi connectivity index (χ3n) is 9.10. The number of benzene rings is 8. The highest BCUT2D eigenvalue weighted by molar-refractivity contribution is 7.25. The van der Waals surface area contributed by atoms with Crippen LogP contribution in [-0.4, -0.2) is 0 Å². The Morgan fingerprint density at radius 2 is 0.756 bits per heavy atom. The van der Waals surface area contributed by atoms with Crippen LogP contribution in [0.2, 0.25) is 0 Å². The van der Waals surface area contributed by atoms with Crippen molar-refractivity contribution in [1.29, 1.82) is 0 Å². The van der Waals surface area contributed by atoms with Gasteiger partial charge < -0.3 is 0 Å². The Kier molecular flexibility index (Phi) is 6.11. The van der Waals surface area contributed by atoms with Gasteiger partial charge in [-0.05, 0) is 84.3 Å². The molecule has 9 aromatic rings. The van der Waals surface area contributed by atoms with Gasteiger partial charge in [0, 0.05) is 20.2 Å². The molecule has 0 aliphatic heterocycles. The highest BCUT2D eigenvalue weighted by atomic mass is 32.1. The molecule has 1 aromatic heterocycles. The molecule has 0 radical (unpaired) electrons. The van der Waals surface area contributed by atoms with Gasteiger partial charge in [0.2, 0.25) is 0 Å². The average molecular weight is 589 g/mol. The molecule has 0 aliphatic carbocycles. The second-order valence-electron chi connectivity index (χ2n) is 11.6. The first kappa shape index (κ1) is 25.9. The summed E-state index contributed by atoms with van der Waals surface area (Å²) in [6.07, 6.45) is 0. The molecule has 0 saturated heterocycles. The third kappa shape index (κ3) is 4.28. The highest BCUT2D eigenvalue weighted by Gasteiger charge is 2.18. The molecular weight excluding hydrogens is 561 g/mol. The summed E-state index contributed by atoms with van der Waals surface area (Å²) < 4.78 is 2.68. The van der Waals surface area contributed by atoms with E-state index in [2.05, 4.69) is 170 Å². The number of hydrogen-bond acceptors (Lipinski definition) is 1. The van der Waals surface area contributed by atoms with E-state index in [0.29, 0.717) is 0 Å². The van der Waals surface area contributed by atoms with Gasteiger partial charge in [-0.3, -0.25) is 0 Å². The lowest BCUT2D eigenvalue weighted by Gasteiger charge is -2.19. The molecule has 1 heteroatoms. The van der Waals surface area contributed by atoms with Crippen LogP contribution in [0.4, 0.5) is 0 Å². The Hall–Kier alpha value is -5.50. The van der Waals surface area contributed by atoms with Crippen molar-refractivity contribution < 1.29 is 0 Å². The van der Waals surface area contributed by atoms with Crippen LogP contribution in [0.3, 0.4) is 0 Å². The topological polar surface area (TPSA) is 0 Å². The quantitative estimate of drug-likeness (QED) is 0.179. The monoisotopic (exact) mass is 588 g/mol. The fourth-order valence-electron chi connectivity index (χ4n) is 7.04. The van der Waals surface area contributed by atoms with E-state index >= 15 is 0 Å². The second-order valence-corrected chi connectivity index (χ2v) is 12.7. The summed E-state index contributed by atoms with van der Waals surface area (Å²) in [6, 6.07) is 62.2. The summed E-state index contributed by atoms with van der Waals surface area (Å²) in [5, 5.41) is 7.76. The van der Waals surface area contributed by atoms with Crippen molar-refractivity contribution in [1.82, 2.24) is 0 Å². The van der Waals surface area contributed by atoms with Crippen molar-refractivity contribution in [2.75, 3.05) is 0 Å². The van der Waals surface area contributed by atoms with Gasteiger partial charge in [-0.1, -0.05) is 152 Å². The summed E-state index contributed by atoms with van der Waals surface area (Å²) in [5.74, 6) is 0. The molecule has 45 heavy (non-hydrogen) atoms. The van der Waals surface area contributed by atoms with Gasteiger partial charge >= 0.3 is 0 Å². The summed E-state index contributed by atoms with van der Waals surface area (Å²) in [7, 11) is 0. The van der Waals surface area contributed by atoms with E-state index in [-0.39, 0.29) is 0 Å². The maximum absolute atomic E-state index is 2.35. The molecular formula is C44H28S. The fourth-order valence-corrected chi connectivity index (χ4v) is 8.12. The summed E-state index contributed by atoms with van der Waals surface area (Å²) >= 11 is 1.87. The number of thiophene rings is 1. The van der Waals surface area contributed by atoms with E-state index < -0.39 is 0 Å². The van der Waals surface area contributed by atoms with Crippen LogP contribution in [0, 0.1) is 0 Å². The molecule has 0 saturated carbocycles. The molecule has 0 bridgehead atoms. The molecule has 0 aliphatic rings. The Morgan fingerprint density at radius 3 is 1.44 bits per heavy atom. The Bertz CT molecular complexity index is 2460. The standard InChI is InChI=1S/C44H28S/c1-2-12-30(13-3-1)33-14-4-5-16-35(33)44-38-19-8-6-17-36(38)43(37-18-7-9-20-39(37)44)31-24-22-29(23-25-31)32-26-27-42-40(28-32)34-15-10-11-21-41(34)45-42/h1-28H. The minimum atomic E-state index is 1.23. The molecule has 0 nitrogen and oxygen atoms in total. The van der Waals surface area contributed by atoms with Crippen molar-refractivity contribution in [3.05, 3.63) is 170 Å². The van der Waals surface area contributed by atoms with E-state index in [0.717, 1.165) is 0 Å². The molecule has 0 unspecified atom stereocenters.